The second-order valence-electron chi connectivity index (χ2n) is 8.48. The number of piperidine rings is 1. The highest BCUT2D eigenvalue weighted by atomic mass is 35.5. The molecule has 8 heteroatoms. The number of fused-ring (bicyclic) bond motifs is 1. The van der Waals surface area contributed by atoms with Crippen molar-refractivity contribution in [3.63, 3.8) is 0 Å². The van der Waals surface area contributed by atoms with Crippen LogP contribution in [0.5, 0.6) is 0 Å². The van der Waals surface area contributed by atoms with Crippen LogP contribution in [0.4, 0.5) is 11.5 Å². The van der Waals surface area contributed by atoms with Gasteiger partial charge in [-0.05, 0) is 56.4 Å². The highest BCUT2D eigenvalue weighted by Gasteiger charge is 2.40. The Labute approximate surface area is 178 Å². The summed E-state index contributed by atoms with van der Waals surface area (Å²) in [5.74, 6) is 1.42. The third-order valence-electron chi connectivity index (χ3n) is 6.71. The first-order chi connectivity index (χ1) is 14.1. The molecule has 2 fully saturated rings. The predicted molar refractivity (Wildman–Crippen MR) is 116 cm³/mol. The average molecular weight is 435 g/mol. The van der Waals surface area contributed by atoms with E-state index in [1.165, 1.54) is 5.69 Å². The van der Waals surface area contributed by atoms with Gasteiger partial charge in [0.05, 0.1) is 34.7 Å². The lowest BCUT2D eigenvalue weighted by atomic mass is 9.77. The Morgan fingerprint density at radius 2 is 1.97 bits per heavy atom. The SMILES string of the molecule is O=[S@@]1CCc2c1c(NC1(CO)CCC1)nn2C1CCN(c2ccc(Cl)cc2)CC1. The number of anilines is 2. The van der Waals surface area contributed by atoms with Crippen molar-refractivity contribution in [2.75, 3.05) is 35.7 Å². The Bertz CT molecular complexity index is 912. The molecule has 3 heterocycles. The molecule has 1 aromatic carbocycles. The number of aliphatic hydroxyl groups is 1. The number of nitrogens with zero attached hydrogens (tertiary/aromatic N) is 3. The van der Waals surface area contributed by atoms with Gasteiger partial charge < -0.3 is 15.3 Å². The highest BCUT2D eigenvalue weighted by Crippen LogP contribution is 2.40. The summed E-state index contributed by atoms with van der Waals surface area (Å²) in [4.78, 5) is 3.27. The highest BCUT2D eigenvalue weighted by molar-refractivity contribution is 7.85. The van der Waals surface area contributed by atoms with E-state index in [9.17, 15) is 9.32 Å². The van der Waals surface area contributed by atoms with E-state index in [4.69, 9.17) is 16.7 Å². The van der Waals surface area contributed by atoms with E-state index in [0.29, 0.717) is 11.8 Å². The molecule has 1 saturated carbocycles. The van der Waals surface area contributed by atoms with Crippen molar-refractivity contribution < 1.29 is 9.32 Å². The molecule has 1 atom stereocenters. The second-order valence-corrected chi connectivity index (χ2v) is 10.4. The smallest absolute Gasteiger partial charge is 0.165 e. The van der Waals surface area contributed by atoms with Gasteiger partial charge in [-0.3, -0.25) is 8.89 Å². The average Bonchev–Trinajstić information content (AvgIpc) is 3.26. The predicted octanol–water partition coefficient (Wildman–Crippen LogP) is 3.37. The van der Waals surface area contributed by atoms with E-state index in [1.807, 2.05) is 12.1 Å². The summed E-state index contributed by atoms with van der Waals surface area (Å²) in [5.41, 5.74) is 2.05. The Morgan fingerprint density at radius 1 is 1.24 bits per heavy atom. The van der Waals surface area contributed by atoms with Crippen molar-refractivity contribution in [3.8, 4) is 0 Å². The minimum absolute atomic E-state index is 0.0980. The quantitative estimate of drug-likeness (QED) is 0.755. The van der Waals surface area contributed by atoms with E-state index in [2.05, 4.69) is 27.0 Å². The van der Waals surface area contributed by atoms with Crippen LogP contribution in [0.3, 0.4) is 0 Å². The van der Waals surface area contributed by atoms with Crippen molar-refractivity contribution in [1.82, 2.24) is 9.78 Å². The lowest BCUT2D eigenvalue weighted by molar-refractivity contribution is 0.143. The normalized spacial score (nSPS) is 23.7. The molecule has 1 saturated heterocycles. The minimum Gasteiger partial charge on any atom is -0.394 e. The van der Waals surface area contributed by atoms with Crippen LogP contribution in [-0.4, -0.2) is 50.1 Å². The summed E-state index contributed by atoms with van der Waals surface area (Å²) in [6, 6.07) is 8.35. The van der Waals surface area contributed by atoms with Crippen molar-refractivity contribution >= 4 is 33.9 Å². The molecule has 5 rings (SSSR count). The standard InChI is InChI=1S/C21H27ClN4O2S/c22-15-2-4-16(5-3-15)25-11-6-17(7-12-25)26-18-8-13-29(28)19(18)20(24-26)23-21(14-27)9-1-10-21/h2-5,17,27H,1,6-14H2,(H,23,24)/t29-/m1/s1. The number of rotatable bonds is 5. The molecule has 0 radical (unpaired) electrons. The van der Waals surface area contributed by atoms with Gasteiger partial charge in [-0.2, -0.15) is 5.10 Å². The van der Waals surface area contributed by atoms with Crippen LogP contribution in [0.25, 0.3) is 0 Å². The minimum atomic E-state index is -0.997. The molecule has 3 aliphatic rings. The number of nitrogens with one attached hydrogen (secondary N) is 1. The number of aromatic nitrogens is 2. The van der Waals surface area contributed by atoms with Gasteiger partial charge in [0.1, 0.15) is 4.90 Å². The van der Waals surface area contributed by atoms with E-state index >= 15 is 0 Å². The molecule has 1 aliphatic carbocycles. The molecule has 2 N–H and O–H groups in total. The maximum atomic E-state index is 12.7. The van der Waals surface area contributed by atoms with Crippen LogP contribution in [-0.2, 0) is 17.2 Å². The summed E-state index contributed by atoms with van der Waals surface area (Å²) < 4.78 is 14.8. The third-order valence-corrected chi connectivity index (χ3v) is 8.42. The van der Waals surface area contributed by atoms with Gasteiger partial charge in [0, 0.05) is 36.0 Å². The van der Waals surface area contributed by atoms with Crippen LogP contribution < -0.4 is 10.2 Å². The van der Waals surface area contributed by atoms with Gasteiger partial charge in [0.2, 0.25) is 0 Å². The van der Waals surface area contributed by atoms with Crippen LogP contribution >= 0.6 is 11.6 Å². The van der Waals surface area contributed by atoms with Gasteiger partial charge in [-0.15, -0.1) is 0 Å². The molecule has 0 bridgehead atoms. The molecule has 29 heavy (non-hydrogen) atoms. The number of aliphatic hydroxyl groups excluding tert-OH is 1. The van der Waals surface area contributed by atoms with Gasteiger partial charge in [-0.25, -0.2) is 0 Å². The molecule has 0 spiro atoms. The number of hydrogen-bond donors (Lipinski definition) is 2. The van der Waals surface area contributed by atoms with Crippen LogP contribution in [0.15, 0.2) is 29.2 Å². The summed E-state index contributed by atoms with van der Waals surface area (Å²) in [5, 5.41) is 19.0. The van der Waals surface area contributed by atoms with E-state index in [1.54, 1.807) is 0 Å². The van der Waals surface area contributed by atoms with Gasteiger partial charge >= 0.3 is 0 Å². The lowest BCUT2D eigenvalue weighted by Gasteiger charge is -2.41. The molecule has 0 amide bonds. The molecular formula is C21H27ClN4O2S. The second kappa shape index (κ2) is 7.60. The zero-order chi connectivity index (χ0) is 20.0. The fraction of sp³-hybridized carbons (Fsp3) is 0.571. The first-order valence-corrected chi connectivity index (χ1v) is 12.2. The van der Waals surface area contributed by atoms with Gasteiger partial charge in [0.25, 0.3) is 0 Å². The van der Waals surface area contributed by atoms with Crippen LogP contribution in [0.1, 0.15) is 43.8 Å². The zero-order valence-corrected chi connectivity index (χ0v) is 18.0. The third kappa shape index (κ3) is 3.47. The summed E-state index contributed by atoms with van der Waals surface area (Å²) >= 11 is 6.02. The molecule has 2 aliphatic heterocycles. The number of benzene rings is 1. The lowest BCUT2D eigenvalue weighted by Crippen LogP contribution is -2.48. The molecule has 156 valence electrons. The zero-order valence-electron chi connectivity index (χ0n) is 16.4. The number of hydrogen-bond acceptors (Lipinski definition) is 5. The van der Waals surface area contributed by atoms with E-state index < -0.39 is 10.8 Å². The first-order valence-electron chi connectivity index (χ1n) is 10.5. The Kier molecular flexibility index (Phi) is 5.08. The van der Waals surface area contributed by atoms with Crippen LogP contribution in [0.2, 0.25) is 5.02 Å². The molecule has 2 aromatic rings. The van der Waals surface area contributed by atoms with Gasteiger partial charge in [0.15, 0.2) is 5.82 Å². The Balaban J connectivity index is 1.35. The first kappa shape index (κ1) is 19.4. The maximum Gasteiger partial charge on any atom is 0.165 e. The van der Waals surface area contributed by atoms with Gasteiger partial charge in [-0.1, -0.05) is 11.6 Å². The van der Waals surface area contributed by atoms with E-state index in [0.717, 1.165) is 73.0 Å². The van der Waals surface area contributed by atoms with Crippen molar-refractivity contribution in [2.24, 2.45) is 0 Å². The monoisotopic (exact) mass is 434 g/mol. The Morgan fingerprint density at radius 3 is 2.59 bits per heavy atom. The molecule has 6 nitrogen and oxygen atoms in total. The van der Waals surface area contributed by atoms with E-state index in [-0.39, 0.29) is 12.1 Å². The molecule has 0 unspecified atom stereocenters. The fourth-order valence-electron chi connectivity index (χ4n) is 4.79. The summed E-state index contributed by atoms with van der Waals surface area (Å²) in [6.45, 7) is 2.03. The Hall–Kier alpha value is -1.57. The van der Waals surface area contributed by atoms with Crippen molar-refractivity contribution in [3.05, 3.63) is 35.0 Å². The fourth-order valence-corrected chi connectivity index (χ4v) is 6.27. The molecule has 1 aromatic heterocycles. The van der Waals surface area contributed by atoms with Crippen molar-refractivity contribution in [1.29, 1.82) is 0 Å². The topological polar surface area (TPSA) is 70.4 Å². The molecular weight excluding hydrogens is 408 g/mol. The largest absolute Gasteiger partial charge is 0.394 e. The summed E-state index contributed by atoms with van der Waals surface area (Å²) in [6.07, 6.45) is 5.83. The van der Waals surface area contributed by atoms with Crippen LogP contribution in [0, 0.1) is 0 Å². The summed E-state index contributed by atoms with van der Waals surface area (Å²) in [7, 11) is -0.997. The maximum absolute atomic E-state index is 12.7. The number of halogens is 1. The van der Waals surface area contributed by atoms with Crippen molar-refractivity contribution in [2.45, 2.75) is 55.0 Å².